The highest BCUT2D eigenvalue weighted by atomic mass is 16.3. The summed E-state index contributed by atoms with van der Waals surface area (Å²) in [5, 5.41) is 10.4. The second kappa shape index (κ2) is 4.40. The Morgan fingerprint density at radius 2 is 2.05 bits per heavy atom. The van der Waals surface area contributed by atoms with E-state index in [9.17, 15) is 9.90 Å². The van der Waals surface area contributed by atoms with Gasteiger partial charge in [-0.05, 0) is 17.7 Å². The average Bonchev–Trinajstić information content (AvgIpc) is 2.66. The van der Waals surface area contributed by atoms with Crippen LogP contribution in [0.15, 0.2) is 48.4 Å². The molecule has 3 N–H and O–H groups in total. The van der Waals surface area contributed by atoms with E-state index < -0.39 is 24.2 Å². The summed E-state index contributed by atoms with van der Waals surface area (Å²) in [5.41, 5.74) is 6.39. The smallest absolute Gasteiger partial charge is 0.323 e. The number of amides is 2. The normalized spacial score (nSPS) is 20.3. The number of fused-ring (bicyclic) bond motifs is 2. The Morgan fingerprint density at radius 3 is 2.84 bits per heavy atom. The van der Waals surface area contributed by atoms with Gasteiger partial charge in [0.1, 0.15) is 0 Å². The van der Waals surface area contributed by atoms with Crippen LogP contribution in [0.2, 0.25) is 0 Å². The monoisotopic (exact) mass is 258 g/mol. The molecule has 2 amide bonds. The predicted molar refractivity (Wildman–Crippen MR) is 73.3 cm³/mol. The summed E-state index contributed by atoms with van der Waals surface area (Å²) >= 11 is 0. The van der Waals surface area contributed by atoms with Gasteiger partial charge in [-0.25, -0.2) is 4.79 Å². The molecule has 1 atom stereocenters. The molecule has 0 fully saturated rings. The summed E-state index contributed by atoms with van der Waals surface area (Å²) in [5.74, 6) is 0. The third-order valence-corrected chi connectivity index (χ3v) is 3.12. The molecule has 96 valence electrons. The van der Waals surface area contributed by atoms with Crippen molar-refractivity contribution < 1.29 is 15.4 Å². The second-order valence-electron chi connectivity index (χ2n) is 4.28. The average molecular weight is 258 g/mol. The predicted octanol–water partition coefficient (Wildman–Crippen LogP) is 2.49. The van der Waals surface area contributed by atoms with Crippen LogP contribution in [0.25, 0.3) is 0 Å². The number of urea groups is 1. The van der Waals surface area contributed by atoms with Crippen molar-refractivity contribution in [2.75, 3.05) is 4.90 Å². The van der Waals surface area contributed by atoms with Gasteiger partial charge < -0.3 is 10.8 Å². The quantitative estimate of drug-likeness (QED) is 0.762. The van der Waals surface area contributed by atoms with E-state index in [1.807, 2.05) is 0 Å². The number of carbonyl (C=O) groups is 1. The maximum absolute atomic E-state index is 12.0. The lowest BCUT2D eigenvalue weighted by Crippen LogP contribution is -2.32. The first kappa shape index (κ1) is 7.96. The number of anilines is 2. The Balaban J connectivity index is 2.43. The summed E-state index contributed by atoms with van der Waals surface area (Å²) in [6.45, 7) is 0. The van der Waals surface area contributed by atoms with Crippen LogP contribution in [0, 0.1) is 0 Å². The molecule has 1 heterocycles. The molecular weight excluding hydrogens is 240 g/mol. The topological polar surface area (TPSA) is 66.6 Å². The third kappa shape index (κ3) is 1.86. The van der Waals surface area contributed by atoms with Gasteiger partial charge in [0.2, 0.25) is 0 Å². The second-order valence-corrected chi connectivity index (χ2v) is 4.28. The Labute approximate surface area is 116 Å². The van der Waals surface area contributed by atoms with Crippen molar-refractivity contribution in [1.29, 1.82) is 0 Å². The largest absolute Gasteiger partial charge is 0.388 e. The summed E-state index contributed by atoms with van der Waals surface area (Å²) in [4.78, 5) is 13.1. The first-order valence-corrected chi connectivity index (χ1v) is 5.80. The van der Waals surface area contributed by atoms with Gasteiger partial charge in [-0.15, -0.1) is 0 Å². The minimum Gasteiger partial charge on any atom is -0.388 e. The molecule has 2 aromatic carbocycles. The molecule has 3 rings (SSSR count). The minimum atomic E-state index is -1.01. The lowest BCUT2D eigenvalue weighted by Gasteiger charge is -2.22. The molecule has 0 saturated carbocycles. The number of hydrogen-bond acceptors (Lipinski definition) is 2. The number of para-hydroxylation sites is 2. The van der Waals surface area contributed by atoms with E-state index in [1.54, 1.807) is 24.3 Å². The zero-order valence-electron chi connectivity index (χ0n) is 14.0. The van der Waals surface area contributed by atoms with Gasteiger partial charge in [-0.3, -0.25) is 4.90 Å². The molecule has 4 heteroatoms. The number of hydrogen-bond donors (Lipinski definition) is 2. The fraction of sp³-hybridized carbons (Fsp3) is 0.133. The molecule has 19 heavy (non-hydrogen) atoms. The van der Waals surface area contributed by atoms with Crippen molar-refractivity contribution in [3.8, 4) is 0 Å². The van der Waals surface area contributed by atoms with E-state index >= 15 is 0 Å². The molecule has 0 aliphatic carbocycles. The zero-order valence-corrected chi connectivity index (χ0v) is 9.97. The summed E-state index contributed by atoms with van der Waals surface area (Å²) < 4.78 is 31.8. The molecule has 0 bridgehead atoms. The van der Waals surface area contributed by atoms with Crippen LogP contribution in [0.1, 0.15) is 22.7 Å². The maximum atomic E-state index is 12.0. The Kier molecular flexibility index (Phi) is 1.85. The molecule has 0 aromatic heterocycles. The molecule has 0 spiro atoms. The van der Waals surface area contributed by atoms with Gasteiger partial charge in [0.15, 0.2) is 0 Å². The van der Waals surface area contributed by atoms with Crippen molar-refractivity contribution in [3.63, 3.8) is 0 Å². The Morgan fingerprint density at radius 1 is 1.32 bits per heavy atom. The van der Waals surface area contributed by atoms with Crippen LogP contribution in [0.3, 0.4) is 0 Å². The molecule has 1 aliphatic heterocycles. The van der Waals surface area contributed by atoms with Gasteiger partial charge in [-0.2, -0.15) is 0 Å². The van der Waals surface area contributed by atoms with Crippen LogP contribution < -0.4 is 10.6 Å². The maximum Gasteiger partial charge on any atom is 0.323 e. The van der Waals surface area contributed by atoms with E-state index in [-0.39, 0.29) is 29.8 Å². The van der Waals surface area contributed by atoms with Crippen LogP contribution in [-0.2, 0) is 6.42 Å². The number of nitrogens with zero attached hydrogens (tertiary/aromatic N) is 1. The number of nitrogens with two attached hydrogens (primary N) is 1. The van der Waals surface area contributed by atoms with E-state index in [4.69, 9.17) is 11.2 Å². The molecule has 0 radical (unpaired) electrons. The number of carbonyl (C=O) groups excluding carboxylic acids is 1. The highest BCUT2D eigenvalue weighted by molar-refractivity contribution is 6.00. The third-order valence-electron chi connectivity index (χ3n) is 3.12. The Hall–Kier alpha value is -2.33. The fourth-order valence-corrected chi connectivity index (χ4v) is 2.30. The van der Waals surface area contributed by atoms with E-state index in [1.165, 1.54) is 0 Å². The van der Waals surface area contributed by atoms with Crippen LogP contribution >= 0.6 is 0 Å². The van der Waals surface area contributed by atoms with Crippen LogP contribution in [0.5, 0.6) is 0 Å². The van der Waals surface area contributed by atoms with Crippen LogP contribution in [-0.4, -0.2) is 11.1 Å². The summed E-state index contributed by atoms with van der Waals surface area (Å²) in [6, 6.07) is 4.22. The van der Waals surface area contributed by atoms with E-state index in [0.29, 0.717) is 11.3 Å². The standard InChI is InChI=1S/C15H14N2O2/c16-15(19)17-12-7-3-1-5-10(12)9-14(18)11-6-2-4-8-13(11)17/h1-8,14,18H,9H2,(H2,16,19)/i1D,3D,5D,7D. The number of aliphatic hydroxyl groups excluding tert-OH is 1. The van der Waals surface area contributed by atoms with Crippen molar-refractivity contribution in [2.24, 2.45) is 5.73 Å². The van der Waals surface area contributed by atoms with Crippen molar-refractivity contribution >= 4 is 17.4 Å². The molecular formula is C15H14N2O2. The highest BCUT2D eigenvalue weighted by Gasteiger charge is 2.27. The lowest BCUT2D eigenvalue weighted by molar-refractivity contribution is 0.180. The molecule has 2 aromatic rings. The van der Waals surface area contributed by atoms with Crippen molar-refractivity contribution in [3.05, 3.63) is 59.6 Å². The van der Waals surface area contributed by atoms with Gasteiger partial charge in [0, 0.05) is 12.0 Å². The first-order valence-electron chi connectivity index (χ1n) is 7.80. The first-order chi connectivity index (χ1) is 10.8. The van der Waals surface area contributed by atoms with Gasteiger partial charge in [-0.1, -0.05) is 36.3 Å². The van der Waals surface area contributed by atoms with Gasteiger partial charge >= 0.3 is 6.03 Å². The number of aliphatic hydroxyl groups is 1. The minimum absolute atomic E-state index is 0.00694. The summed E-state index contributed by atoms with van der Waals surface area (Å²) in [7, 11) is 0. The SMILES string of the molecule is [2H]c1c([2H])c([2H])c2c(c1[2H])CC(O)c1ccccc1N2C(N)=O. The van der Waals surface area contributed by atoms with Crippen molar-refractivity contribution in [2.45, 2.75) is 12.5 Å². The number of primary amides is 1. The molecule has 1 aliphatic rings. The van der Waals surface area contributed by atoms with Gasteiger partial charge in [0.25, 0.3) is 0 Å². The lowest BCUT2D eigenvalue weighted by atomic mass is 10.0. The Bertz CT molecular complexity index is 826. The zero-order chi connectivity index (χ0) is 16.9. The molecule has 0 saturated heterocycles. The number of benzene rings is 2. The van der Waals surface area contributed by atoms with E-state index in [2.05, 4.69) is 0 Å². The number of rotatable bonds is 0. The van der Waals surface area contributed by atoms with Crippen LogP contribution in [0.4, 0.5) is 16.2 Å². The van der Waals surface area contributed by atoms with Gasteiger partial charge in [0.05, 0.1) is 23.0 Å². The molecule has 1 unspecified atom stereocenters. The van der Waals surface area contributed by atoms with E-state index in [0.717, 1.165) is 4.90 Å². The highest BCUT2D eigenvalue weighted by Crippen LogP contribution is 2.39. The van der Waals surface area contributed by atoms with Crippen molar-refractivity contribution in [1.82, 2.24) is 0 Å². The molecule has 4 nitrogen and oxygen atoms in total. The fourth-order valence-electron chi connectivity index (χ4n) is 2.30. The summed E-state index contributed by atoms with van der Waals surface area (Å²) in [6.07, 6.45) is -1.04.